The number of nitrogens with zero attached hydrogens (tertiary/aromatic N) is 3. The number of carbonyl (C=O) groups is 2. The fraction of sp³-hybridized carbons (Fsp3) is 0.583. The lowest BCUT2D eigenvalue weighted by Gasteiger charge is -2.22. The lowest BCUT2D eigenvalue weighted by Crippen LogP contribution is -2.41. The third-order valence-corrected chi connectivity index (χ3v) is 3.65. The van der Waals surface area contributed by atoms with Crippen molar-refractivity contribution in [3.8, 4) is 0 Å². The van der Waals surface area contributed by atoms with Crippen molar-refractivity contribution in [2.24, 2.45) is 5.73 Å². The highest BCUT2D eigenvalue weighted by Crippen LogP contribution is 2.10. The topological polar surface area (TPSA) is 79.5 Å². The predicted molar refractivity (Wildman–Crippen MR) is 82.1 cm³/mol. The molecule has 1 aromatic heterocycles. The number of likely N-dealkylation sites (N-methyl/N-ethyl adjacent to an activating group) is 2. The number of thiazole rings is 1. The summed E-state index contributed by atoms with van der Waals surface area (Å²) in [4.78, 5) is 31.2. The Kier molecular flexibility index (Phi) is 8.36. The van der Waals surface area contributed by atoms with Crippen LogP contribution in [0.2, 0.25) is 0 Å². The highest BCUT2D eigenvalue weighted by molar-refractivity contribution is 7.09. The van der Waals surface area contributed by atoms with Crippen molar-refractivity contribution in [1.29, 1.82) is 0 Å². The molecule has 0 fully saturated rings. The molecule has 114 valence electrons. The molecule has 0 saturated heterocycles. The van der Waals surface area contributed by atoms with E-state index in [9.17, 15) is 9.59 Å². The van der Waals surface area contributed by atoms with Gasteiger partial charge in [0.05, 0.1) is 6.54 Å². The van der Waals surface area contributed by atoms with Crippen LogP contribution in [0.3, 0.4) is 0 Å². The number of hydrogen-bond donors (Lipinski definition) is 1. The molecule has 0 unspecified atom stereocenters. The van der Waals surface area contributed by atoms with E-state index in [1.807, 2.05) is 13.8 Å². The number of aromatic nitrogens is 1. The largest absolute Gasteiger partial charge is 0.342 e. The Hall–Kier alpha value is -1.18. The van der Waals surface area contributed by atoms with Gasteiger partial charge in [-0.25, -0.2) is 4.98 Å². The molecule has 0 aromatic carbocycles. The van der Waals surface area contributed by atoms with Crippen LogP contribution in [-0.2, 0) is 11.3 Å². The number of carbonyl (C=O) groups excluding carboxylic acids is 2. The highest BCUT2D eigenvalue weighted by atomic mass is 35.5. The van der Waals surface area contributed by atoms with Gasteiger partial charge in [0.2, 0.25) is 5.91 Å². The lowest BCUT2D eigenvalue weighted by atomic mass is 10.3. The van der Waals surface area contributed by atoms with Crippen LogP contribution in [0, 0.1) is 0 Å². The molecule has 0 atom stereocenters. The molecule has 0 bridgehead atoms. The average molecular weight is 321 g/mol. The molecule has 1 aromatic rings. The Labute approximate surface area is 129 Å². The minimum absolute atomic E-state index is 0. The molecule has 2 amide bonds. The minimum atomic E-state index is -0.253. The van der Waals surface area contributed by atoms with Crippen molar-refractivity contribution in [3.63, 3.8) is 0 Å². The maximum absolute atomic E-state index is 12.1. The molecule has 20 heavy (non-hydrogen) atoms. The summed E-state index contributed by atoms with van der Waals surface area (Å²) < 4.78 is 0. The summed E-state index contributed by atoms with van der Waals surface area (Å²) in [7, 11) is 1.60. The third-order valence-electron chi connectivity index (χ3n) is 2.78. The van der Waals surface area contributed by atoms with Crippen molar-refractivity contribution in [1.82, 2.24) is 14.8 Å². The summed E-state index contributed by atoms with van der Waals surface area (Å²) in [6.07, 6.45) is 0. The molecule has 6 nitrogen and oxygen atoms in total. The van der Waals surface area contributed by atoms with Gasteiger partial charge in [-0.3, -0.25) is 9.59 Å². The lowest BCUT2D eigenvalue weighted by molar-refractivity contribution is -0.131. The zero-order valence-corrected chi connectivity index (χ0v) is 13.6. The van der Waals surface area contributed by atoms with Gasteiger partial charge in [-0.15, -0.1) is 23.7 Å². The molecule has 1 heterocycles. The highest BCUT2D eigenvalue weighted by Gasteiger charge is 2.19. The summed E-state index contributed by atoms with van der Waals surface area (Å²) in [5, 5.41) is 2.38. The smallest absolute Gasteiger partial charge is 0.273 e. The van der Waals surface area contributed by atoms with Crippen LogP contribution in [0.1, 0.15) is 29.3 Å². The first-order chi connectivity index (χ1) is 9.03. The number of hydrogen-bond acceptors (Lipinski definition) is 5. The molecule has 0 saturated carbocycles. The summed E-state index contributed by atoms with van der Waals surface area (Å²) in [6, 6.07) is 0. The maximum Gasteiger partial charge on any atom is 0.273 e. The Morgan fingerprint density at radius 2 is 1.95 bits per heavy atom. The van der Waals surface area contributed by atoms with Gasteiger partial charge in [-0.05, 0) is 13.8 Å². The average Bonchev–Trinajstić information content (AvgIpc) is 2.87. The number of rotatable bonds is 6. The van der Waals surface area contributed by atoms with E-state index in [1.165, 1.54) is 16.2 Å². The van der Waals surface area contributed by atoms with E-state index in [4.69, 9.17) is 5.73 Å². The molecule has 0 radical (unpaired) electrons. The molecule has 1 rings (SSSR count). The second-order valence-corrected chi connectivity index (χ2v) is 5.00. The van der Waals surface area contributed by atoms with Gasteiger partial charge in [0.25, 0.3) is 5.91 Å². The Morgan fingerprint density at radius 1 is 1.35 bits per heavy atom. The van der Waals surface area contributed by atoms with E-state index >= 15 is 0 Å². The zero-order chi connectivity index (χ0) is 14.4. The maximum atomic E-state index is 12.1. The second-order valence-electron chi connectivity index (χ2n) is 4.06. The van der Waals surface area contributed by atoms with Crippen molar-refractivity contribution in [2.75, 3.05) is 26.7 Å². The summed E-state index contributed by atoms with van der Waals surface area (Å²) in [6.45, 7) is 5.50. The van der Waals surface area contributed by atoms with Gasteiger partial charge in [0.1, 0.15) is 10.7 Å². The van der Waals surface area contributed by atoms with Gasteiger partial charge < -0.3 is 15.5 Å². The Balaban J connectivity index is 0.00000361. The van der Waals surface area contributed by atoms with E-state index < -0.39 is 0 Å². The zero-order valence-electron chi connectivity index (χ0n) is 12.0. The van der Waals surface area contributed by atoms with Crippen LogP contribution >= 0.6 is 23.7 Å². The molecule has 0 spiro atoms. The fourth-order valence-electron chi connectivity index (χ4n) is 1.65. The molecule has 8 heteroatoms. The second kappa shape index (κ2) is 8.89. The molecule has 0 aliphatic heterocycles. The van der Waals surface area contributed by atoms with Crippen molar-refractivity contribution in [3.05, 3.63) is 16.1 Å². The molecular formula is C12H21ClN4O2S. The van der Waals surface area contributed by atoms with E-state index in [0.29, 0.717) is 30.3 Å². The van der Waals surface area contributed by atoms with Crippen LogP contribution in [0.4, 0.5) is 0 Å². The van der Waals surface area contributed by atoms with Gasteiger partial charge in [-0.2, -0.15) is 0 Å². The third kappa shape index (κ3) is 4.73. The summed E-state index contributed by atoms with van der Waals surface area (Å²) >= 11 is 1.35. The van der Waals surface area contributed by atoms with Gasteiger partial charge in [0.15, 0.2) is 0 Å². The predicted octanol–water partition coefficient (Wildman–Crippen LogP) is 0.964. The minimum Gasteiger partial charge on any atom is -0.342 e. The first-order valence-corrected chi connectivity index (χ1v) is 7.09. The normalized spacial score (nSPS) is 9.80. The first-order valence-electron chi connectivity index (χ1n) is 6.21. The standard InChI is InChI=1S/C12H20N4O2S.ClH/c1-4-16(5-2)11(17)7-15(3)12(18)9-8-19-10(6-13)14-9;/h8H,4-7,13H2,1-3H3;1H. The van der Waals surface area contributed by atoms with Crippen molar-refractivity contribution in [2.45, 2.75) is 20.4 Å². The van der Waals surface area contributed by atoms with Crippen molar-refractivity contribution >= 4 is 35.6 Å². The van der Waals surface area contributed by atoms with E-state index in [0.717, 1.165) is 0 Å². The number of amides is 2. The van der Waals surface area contributed by atoms with Gasteiger partial charge in [-0.1, -0.05) is 0 Å². The Bertz CT molecular complexity index is 448. The summed E-state index contributed by atoms with van der Waals surface area (Å²) in [5.41, 5.74) is 5.81. The Morgan fingerprint density at radius 3 is 2.40 bits per heavy atom. The van der Waals surface area contributed by atoms with Crippen LogP contribution in [0.5, 0.6) is 0 Å². The van der Waals surface area contributed by atoms with E-state index in [-0.39, 0.29) is 30.8 Å². The van der Waals surface area contributed by atoms with Crippen LogP contribution < -0.4 is 5.73 Å². The quantitative estimate of drug-likeness (QED) is 0.847. The molecule has 0 aliphatic rings. The first kappa shape index (κ1) is 18.8. The monoisotopic (exact) mass is 320 g/mol. The SMILES string of the molecule is CCN(CC)C(=O)CN(C)C(=O)c1csc(CN)n1.Cl. The van der Waals surface area contributed by atoms with E-state index in [1.54, 1.807) is 17.3 Å². The number of halogens is 1. The summed E-state index contributed by atoms with van der Waals surface area (Å²) in [5.74, 6) is -0.313. The number of nitrogens with two attached hydrogens (primary N) is 1. The van der Waals surface area contributed by atoms with Crippen LogP contribution in [-0.4, -0.2) is 53.3 Å². The van der Waals surface area contributed by atoms with E-state index in [2.05, 4.69) is 4.98 Å². The fourth-order valence-corrected chi connectivity index (χ4v) is 2.30. The van der Waals surface area contributed by atoms with Crippen molar-refractivity contribution < 1.29 is 9.59 Å². The van der Waals surface area contributed by atoms with Crippen LogP contribution in [0.25, 0.3) is 0 Å². The van der Waals surface area contributed by atoms with Gasteiger partial charge in [0, 0.05) is 32.1 Å². The molecule has 0 aliphatic carbocycles. The van der Waals surface area contributed by atoms with Gasteiger partial charge >= 0.3 is 0 Å². The molecule has 2 N–H and O–H groups in total. The molecular weight excluding hydrogens is 300 g/mol. The van der Waals surface area contributed by atoms with Crippen LogP contribution in [0.15, 0.2) is 5.38 Å².